The van der Waals surface area contributed by atoms with Crippen molar-refractivity contribution in [2.24, 2.45) is 0 Å². The molecule has 0 radical (unpaired) electrons. The Hall–Kier alpha value is -3.01. The summed E-state index contributed by atoms with van der Waals surface area (Å²) in [5.41, 5.74) is 4.79. The average Bonchev–Trinajstić information content (AvgIpc) is 2.99. The zero-order valence-electron chi connectivity index (χ0n) is 17.9. The van der Waals surface area contributed by atoms with Crippen LogP contribution in [0, 0.1) is 6.92 Å². The van der Waals surface area contributed by atoms with Gasteiger partial charge in [-0.05, 0) is 76.1 Å². The number of carbonyl (C=O) groups excluding carboxylic acids is 1. The Balaban J connectivity index is 1.81. The predicted molar refractivity (Wildman–Crippen MR) is 119 cm³/mol. The maximum Gasteiger partial charge on any atom is 0.232 e. The highest BCUT2D eigenvalue weighted by Gasteiger charge is 2.30. The molecule has 29 heavy (non-hydrogen) atoms. The fourth-order valence-electron chi connectivity index (χ4n) is 3.39. The summed E-state index contributed by atoms with van der Waals surface area (Å²) in [6.07, 6.45) is 3.82. The third kappa shape index (κ3) is 4.70. The highest BCUT2D eigenvalue weighted by Crippen LogP contribution is 2.37. The van der Waals surface area contributed by atoms with Crippen molar-refractivity contribution in [2.75, 3.05) is 24.6 Å². The molecule has 1 heterocycles. The number of ether oxygens (including phenoxy) is 2. The molecule has 0 aromatic heterocycles. The van der Waals surface area contributed by atoms with Gasteiger partial charge in [0.15, 0.2) is 5.76 Å². The summed E-state index contributed by atoms with van der Waals surface area (Å²) in [7, 11) is 0. The number of carbonyl (C=O) groups is 1. The number of hydrogen-bond acceptors (Lipinski definition) is 4. The van der Waals surface area contributed by atoms with Crippen molar-refractivity contribution in [1.82, 2.24) is 0 Å². The maximum absolute atomic E-state index is 12.9. The van der Waals surface area contributed by atoms with Crippen molar-refractivity contribution in [3.8, 4) is 11.5 Å². The Morgan fingerprint density at radius 2 is 1.79 bits per heavy atom. The molecule has 4 heteroatoms. The zero-order valence-corrected chi connectivity index (χ0v) is 17.9. The molecule has 0 bridgehead atoms. The monoisotopic (exact) mass is 391 g/mol. The first-order chi connectivity index (χ1) is 13.9. The zero-order chi connectivity index (χ0) is 21.0. The van der Waals surface area contributed by atoms with E-state index < -0.39 is 0 Å². The van der Waals surface area contributed by atoms with Gasteiger partial charge in [-0.3, -0.25) is 4.79 Å². The van der Waals surface area contributed by atoms with E-state index in [0.29, 0.717) is 29.4 Å². The van der Waals surface area contributed by atoms with E-state index in [4.69, 9.17) is 9.47 Å². The van der Waals surface area contributed by atoms with Crippen LogP contribution >= 0.6 is 0 Å². The van der Waals surface area contributed by atoms with E-state index in [0.717, 1.165) is 24.2 Å². The number of benzene rings is 2. The minimum atomic E-state index is -0.0823. The minimum absolute atomic E-state index is 0.0823. The topological polar surface area (TPSA) is 38.8 Å². The molecular weight excluding hydrogens is 362 g/mol. The summed E-state index contributed by atoms with van der Waals surface area (Å²) < 4.78 is 11.7. The van der Waals surface area contributed by atoms with Crippen LogP contribution in [0.5, 0.6) is 11.5 Å². The van der Waals surface area contributed by atoms with Gasteiger partial charge in [0.25, 0.3) is 0 Å². The Morgan fingerprint density at radius 3 is 2.41 bits per heavy atom. The molecule has 4 nitrogen and oxygen atoms in total. The number of hydrogen-bond donors (Lipinski definition) is 0. The Bertz CT molecular complexity index is 947. The molecule has 0 amide bonds. The van der Waals surface area contributed by atoms with Crippen LogP contribution in [0.4, 0.5) is 5.69 Å². The standard InChI is InChI=1S/C25H29NO3/c1-6-26(7-2)20-10-8-19(9-11-20)15-23-25(27)24-18(5)14-21(16-22(24)29-23)28-13-12-17(3)4/h8-12,14-16H,6-7,13H2,1-5H3/b23-15-. The van der Waals surface area contributed by atoms with E-state index in [9.17, 15) is 4.79 Å². The molecule has 0 fully saturated rings. The molecule has 0 saturated carbocycles. The fraction of sp³-hybridized carbons (Fsp3) is 0.320. The smallest absolute Gasteiger partial charge is 0.232 e. The summed E-state index contributed by atoms with van der Waals surface area (Å²) in [4.78, 5) is 15.1. The Labute approximate surface area is 173 Å². The van der Waals surface area contributed by atoms with Crippen molar-refractivity contribution in [3.63, 3.8) is 0 Å². The van der Waals surface area contributed by atoms with Gasteiger partial charge in [-0.1, -0.05) is 17.7 Å². The normalized spacial score (nSPS) is 13.8. The van der Waals surface area contributed by atoms with Gasteiger partial charge < -0.3 is 14.4 Å². The van der Waals surface area contributed by atoms with E-state index in [2.05, 4.69) is 30.9 Å². The van der Waals surface area contributed by atoms with Crippen LogP contribution in [0.2, 0.25) is 0 Å². The molecule has 2 aromatic rings. The van der Waals surface area contributed by atoms with Gasteiger partial charge in [0.1, 0.15) is 18.1 Å². The first-order valence-electron chi connectivity index (χ1n) is 10.1. The molecule has 1 aliphatic heterocycles. The number of ketones is 1. The van der Waals surface area contributed by atoms with Crippen molar-refractivity contribution in [2.45, 2.75) is 34.6 Å². The molecule has 1 aliphatic rings. The fourth-order valence-corrected chi connectivity index (χ4v) is 3.39. The molecule has 0 spiro atoms. The highest BCUT2D eigenvalue weighted by atomic mass is 16.5. The maximum atomic E-state index is 12.9. The van der Waals surface area contributed by atoms with Crippen LogP contribution in [-0.4, -0.2) is 25.5 Å². The number of rotatable bonds is 7. The van der Waals surface area contributed by atoms with Crippen molar-refractivity contribution in [1.29, 1.82) is 0 Å². The lowest BCUT2D eigenvalue weighted by Gasteiger charge is -2.20. The number of fused-ring (bicyclic) bond motifs is 1. The molecule has 152 valence electrons. The molecular formula is C25H29NO3. The van der Waals surface area contributed by atoms with Gasteiger partial charge in [-0.2, -0.15) is 0 Å². The summed E-state index contributed by atoms with van der Waals surface area (Å²) >= 11 is 0. The van der Waals surface area contributed by atoms with E-state index in [-0.39, 0.29) is 5.78 Å². The van der Waals surface area contributed by atoms with E-state index in [1.54, 1.807) is 12.1 Å². The largest absolute Gasteiger partial charge is 0.489 e. The number of Topliss-reactive ketones (excluding diaryl/α,β-unsaturated/α-hetero) is 1. The SMILES string of the molecule is CCN(CC)c1ccc(/C=C2\Oc3cc(OCC=C(C)C)cc(C)c3C2=O)cc1. The van der Waals surface area contributed by atoms with Crippen molar-refractivity contribution >= 4 is 17.5 Å². The first kappa shape index (κ1) is 20.7. The lowest BCUT2D eigenvalue weighted by Crippen LogP contribution is -2.21. The molecule has 2 aromatic carbocycles. The van der Waals surface area contributed by atoms with Crippen molar-refractivity contribution in [3.05, 3.63) is 70.5 Å². The third-order valence-electron chi connectivity index (χ3n) is 5.00. The van der Waals surface area contributed by atoms with Gasteiger partial charge in [-0.15, -0.1) is 0 Å². The third-order valence-corrected chi connectivity index (χ3v) is 5.00. The second-order valence-corrected chi connectivity index (χ2v) is 7.41. The molecule has 0 saturated heterocycles. The molecule has 0 aliphatic carbocycles. The van der Waals surface area contributed by atoms with E-state index in [1.165, 1.54) is 11.3 Å². The average molecular weight is 392 g/mol. The van der Waals surface area contributed by atoms with Crippen LogP contribution in [0.15, 0.2) is 53.8 Å². The second kappa shape index (κ2) is 8.99. The van der Waals surface area contributed by atoms with Crippen LogP contribution in [0.3, 0.4) is 0 Å². The lowest BCUT2D eigenvalue weighted by atomic mass is 10.0. The molecule has 0 atom stereocenters. The van der Waals surface area contributed by atoms with Crippen LogP contribution in [0.1, 0.15) is 49.2 Å². The molecule has 3 rings (SSSR count). The lowest BCUT2D eigenvalue weighted by molar-refractivity contribution is 0.101. The van der Waals surface area contributed by atoms with Gasteiger partial charge in [-0.25, -0.2) is 0 Å². The summed E-state index contributed by atoms with van der Waals surface area (Å²) in [5.74, 6) is 1.53. The van der Waals surface area contributed by atoms with Crippen LogP contribution < -0.4 is 14.4 Å². The first-order valence-corrected chi connectivity index (χ1v) is 10.1. The van der Waals surface area contributed by atoms with E-state index in [1.807, 2.05) is 45.0 Å². The number of nitrogens with zero attached hydrogens (tertiary/aromatic N) is 1. The van der Waals surface area contributed by atoms with Crippen molar-refractivity contribution < 1.29 is 14.3 Å². The van der Waals surface area contributed by atoms with Gasteiger partial charge in [0, 0.05) is 24.8 Å². The molecule has 0 N–H and O–H groups in total. The summed E-state index contributed by atoms with van der Waals surface area (Å²) in [6, 6.07) is 11.9. The van der Waals surface area contributed by atoms with Gasteiger partial charge >= 0.3 is 0 Å². The number of aryl methyl sites for hydroxylation is 1. The summed E-state index contributed by atoms with van der Waals surface area (Å²) in [6.45, 7) is 12.7. The highest BCUT2D eigenvalue weighted by molar-refractivity contribution is 6.15. The summed E-state index contributed by atoms with van der Waals surface area (Å²) in [5, 5.41) is 0. The number of allylic oxidation sites excluding steroid dienone is 2. The van der Waals surface area contributed by atoms with Crippen LogP contribution in [0.25, 0.3) is 6.08 Å². The van der Waals surface area contributed by atoms with E-state index >= 15 is 0 Å². The quantitative estimate of drug-likeness (QED) is 0.441. The van der Waals surface area contributed by atoms with Gasteiger partial charge in [0.2, 0.25) is 5.78 Å². The minimum Gasteiger partial charge on any atom is -0.489 e. The predicted octanol–water partition coefficient (Wildman–Crippen LogP) is 5.80. The van der Waals surface area contributed by atoms with Crippen LogP contribution in [-0.2, 0) is 0 Å². The molecule has 0 unspecified atom stereocenters. The second-order valence-electron chi connectivity index (χ2n) is 7.41. The Kier molecular flexibility index (Phi) is 6.42. The van der Waals surface area contributed by atoms with Gasteiger partial charge in [0.05, 0.1) is 5.56 Å². The Morgan fingerprint density at radius 1 is 1.10 bits per heavy atom. The number of anilines is 1.